The van der Waals surface area contributed by atoms with E-state index in [4.69, 9.17) is 38.7 Å². The third-order valence-corrected chi connectivity index (χ3v) is 12.7. The molecule has 6 N–H and O–H groups in total. The molecule has 21 nitrogen and oxygen atoms in total. The first-order chi connectivity index (χ1) is 33.7. The third kappa shape index (κ3) is 13.4. The van der Waals surface area contributed by atoms with Gasteiger partial charge in [-0.15, -0.1) is 0 Å². The van der Waals surface area contributed by atoms with E-state index >= 15 is 4.57 Å². The number of nitrogens with one attached hydrogen (secondary N) is 2. The number of hydrogen-bond donors (Lipinski definition) is 5. The molecule has 1 saturated heterocycles. The maximum absolute atomic E-state index is 15.5. The standard InChI is InChI=1S/C48H52N7O14P/c1-48(61)41(58)37(69-46(48)55-30-50-40-42(55)51-47(49)52-43(40)63-2)29-68-70(62,53-35(44(59)66-27-33-19-11-5-12-20-33)23-38(56)64-25-31-15-7-3-8-16-31)54-36(45(60)67-28-34-21-13-6-14-22-34)24-39(57)65-26-32-17-9-4-10-18-32/h3-22,30,35-37,41,46,58,61H,23-29H2,1-2H3,(H2,49,51,52)(H2,53,54,62)/t35-,36-,37+,41+,46+,48+/m0/s1. The van der Waals surface area contributed by atoms with E-state index in [1.165, 1.54) is 24.9 Å². The number of nitrogens with two attached hydrogens (primary N) is 1. The van der Waals surface area contributed by atoms with Crippen LogP contribution in [0.4, 0.5) is 5.95 Å². The summed E-state index contributed by atoms with van der Waals surface area (Å²) >= 11 is 0. The first-order valence-corrected chi connectivity index (χ1v) is 23.5. The summed E-state index contributed by atoms with van der Waals surface area (Å²) in [4.78, 5) is 67.6. The van der Waals surface area contributed by atoms with Crippen molar-refractivity contribution in [2.75, 3.05) is 19.5 Å². The average Bonchev–Trinajstić information content (AvgIpc) is 3.88. The lowest BCUT2D eigenvalue weighted by atomic mass is 9.96. The highest BCUT2D eigenvalue weighted by molar-refractivity contribution is 7.54. The molecule has 0 spiro atoms. The van der Waals surface area contributed by atoms with Crippen LogP contribution in [-0.4, -0.2) is 97.2 Å². The number of nitrogens with zero attached hydrogens (tertiary/aromatic N) is 4. The maximum atomic E-state index is 15.5. The van der Waals surface area contributed by atoms with Gasteiger partial charge in [-0.3, -0.25) is 28.3 Å². The number of methoxy groups -OCH3 is 1. The molecule has 7 rings (SSSR count). The minimum Gasteiger partial charge on any atom is -0.479 e. The zero-order chi connectivity index (χ0) is 49.7. The van der Waals surface area contributed by atoms with Gasteiger partial charge in [-0.25, -0.2) is 15.2 Å². The predicted octanol–water partition coefficient (Wildman–Crippen LogP) is 4.22. The number of anilines is 1. The first kappa shape index (κ1) is 50.8. The molecule has 0 radical (unpaired) electrons. The van der Waals surface area contributed by atoms with Crippen LogP contribution in [-0.2, 0) is 78.4 Å². The molecule has 4 aromatic carbocycles. The number of esters is 4. The molecule has 0 saturated carbocycles. The van der Waals surface area contributed by atoms with Gasteiger partial charge >= 0.3 is 31.5 Å². The van der Waals surface area contributed by atoms with Crippen molar-refractivity contribution in [1.82, 2.24) is 29.7 Å². The van der Waals surface area contributed by atoms with Crippen LogP contribution in [0, 0.1) is 0 Å². The number of nitrogen functional groups attached to an aromatic ring is 1. The second-order valence-electron chi connectivity index (χ2n) is 16.2. The van der Waals surface area contributed by atoms with Gasteiger partial charge in [-0.05, 0) is 29.2 Å². The Hall–Kier alpha value is -7.10. The summed E-state index contributed by atoms with van der Waals surface area (Å²) in [5, 5.41) is 28.4. The van der Waals surface area contributed by atoms with Crippen molar-refractivity contribution >= 4 is 48.7 Å². The lowest BCUT2D eigenvalue weighted by Gasteiger charge is -2.29. The Morgan fingerprint density at radius 2 is 1.16 bits per heavy atom. The fourth-order valence-electron chi connectivity index (χ4n) is 7.25. The summed E-state index contributed by atoms with van der Waals surface area (Å²) in [6, 6.07) is 31.1. The molecule has 6 atom stereocenters. The highest BCUT2D eigenvalue weighted by atomic mass is 31.2. The van der Waals surface area contributed by atoms with Gasteiger partial charge in [0.1, 0.15) is 56.3 Å². The molecule has 1 aliphatic heterocycles. The second-order valence-corrected chi connectivity index (χ2v) is 18.1. The SMILES string of the molecule is COc1nc(N)nc2c1ncn2[C@@H]1O[C@H](COP(=O)(N[C@@H](CC(=O)OCc2ccccc2)C(=O)OCc2ccccc2)N[C@@H](CC(=O)OCc2ccccc2)C(=O)OCc2ccccc2)[C@@H](O)[C@@]1(C)O. The zero-order valence-corrected chi connectivity index (χ0v) is 39.0. The van der Waals surface area contributed by atoms with Gasteiger partial charge in [0.25, 0.3) is 0 Å². The largest absolute Gasteiger partial charge is 0.479 e. The number of aliphatic hydroxyl groups excluding tert-OH is 1. The molecular formula is C48H52N7O14P. The second kappa shape index (κ2) is 23.5. The van der Waals surface area contributed by atoms with Crippen LogP contribution in [0.15, 0.2) is 128 Å². The highest BCUT2D eigenvalue weighted by Gasteiger charge is 2.54. The van der Waals surface area contributed by atoms with E-state index in [-0.39, 0.29) is 49.4 Å². The third-order valence-electron chi connectivity index (χ3n) is 10.9. The van der Waals surface area contributed by atoms with E-state index < -0.39 is 87.1 Å². The summed E-state index contributed by atoms with van der Waals surface area (Å²) in [7, 11) is -3.67. The fourth-order valence-corrected chi connectivity index (χ4v) is 9.04. The number of aromatic nitrogens is 4. The Labute approximate surface area is 401 Å². The lowest BCUT2D eigenvalue weighted by Crippen LogP contribution is -2.47. The highest BCUT2D eigenvalue weighted by Crippen LogP contribution is 2.45. The monoisotopic (exact) mass is 981 g/mol. The fraction of sp³-hybridized carbons (Fsp3) is 0.312. The minimum absolute atomic E-state index is 0.0269. The van der Waals surface area contributed by atoms with Gasteiger partial charge in [-0.1, -0.05) is 121 Å². The van der Waals surface area contributed by atoms with Crippen molar-refractivity contribution in [3.8, 4) is 5.88 Å². The molecule has 0 bridgehead atoms. The summed E-state index contributed by atoms with van der Waals surface area (Å²) < 4.78 is 56.4. The van der Waals surface area contributed by atoms with Gasteiger partial charge < -0.3 is 48.9 Å². The number of benzene rings is 4. The predicted molar refractivity (Wildman–Crippen MR) is 248 cm³/mol. The van der Waals surface area contributed by atoms with Crippen molar-refractivity contribution in [3.05, 3.63) is 150 Å². The summed E-state index contributed by atoms with van der Waals surface area (Å²) in [6.45, 7) is -0.428. The molecule has 1 fully saturated rings. The normalized spacial score (nSPS) is 18.7. The molecular weight excluding hydrogens is 930 g/mol. The van der Waals surface area contributed by atoms with Gasteiger partial charge in [0.2, 0.25) is 11.8 Å². The minimum atomic E-state index is -5.02. The van der Waals surface area contributed by atoms with Gasteiger partial charge in [0.05, 0.1) is 32.9 Å². The Kier molecular flexibility index (Phi) is 17.0. The van der Waals surface area contributed by atoms with Crippen LogP contribution in [0.5, 0.6) is 5.88 Å². The Bertz CT molecular complexity index is 2630. The van der Waals surface area contributed by atoms with E-state index in [9.17, 15) is 29.4 Å². The Balaban J connectivity index is 1.19. The lowest BCUT2D eigenvalue weighted by molar-refractivity contribution is -0.154. The molecule has 0 amide bonds. The van der Waals surface area contributed by atoms with E-state index in [2.05, 4.69) is 25.1 Å². The van der Waals surface area contributed by atoms with E-state index in [0.29, 0.717) is 22.3 Å². The molecule has 0 aliphatic carbocycles. The first-order valence-electron chi connectivity index (χ1n) is 21.9. The van der Waals surface area contributed by atoms with Gasteiger partial charge in [-0.2, -0.15) is 9.97 Å². The van der Waals surface area contributed by atoms with E-state index in [1.807, 2.05) is 0 Å². The Morgan fingerprint density at radius 1 is 0.729 bits per heavy atom. The van der Waals surface area contributed by atoms with Crippen molar-refractivity contribution < 1.29 is 66.9 Å². The summed E-state index contributed by atoms with van der Waals surface area (Å²) in [6.07, 6.45) is -5.01. The molecule has 0 unspecified atom stereocenters. The average molecular weight is 982 g/mol. The van der Waals surface area contributed by atoms with Crippen molar-refractivity contribution in [2.45, 2.75) is 82.3 Å². The number of hydrogen-bond acceptors (Lipinski definition) is 18. The quantitative estimate of drug-likeness (QED) is 0.0341. The van der Waals surface area contributed by atoms with Crippen LogP contribution in [0.3, 0.4) is 0 Å². The Morgan fingerprint density at radius 3 is 1.59 bits per heavy atom. The van der Waals surface area contributed by atoms with E-state index in [1.54, 1.807) is 121 Å². The maximum Gasteiger partial charge on any atom is 0.342 e. The molecule has 6 aromatic rings. The summed E-state index contributed by atoms with van der Waals surface area (Å²) in [5.74, 6) is -4.17. The van der Waals surface area contributed by atoms with Crippen LogP contribution in [0.1, 0.15) is 48.2 Å². The molecule has 2 aromatic heterocycles. The summed E-state index contributed by atoms with van der Waals surface area (Å²) in [5.41, 5.74) is 6.49. The van der Waals surface area contributed by atoms with Crippen LogP contribution < -0.4 is 20.6 Å². The number of ether oxygens (including phenoxy) is 6. The molecule has 368 valence electrons. The number of carbonyl (C=O) groups excluding carboxylic acids is 4. The van der Waals surface area contributed by atoms with E-state index in [0.717, 1.165) is 0 Å². The van der Waals surface area contributed by atoms with Crippen molar-refractivity contribution in [3.63, 3.8) is 0 Å². The topological polar surface area (TPSA) is 284 Å². The molecule has 1 aliphatic rings. The van der Waals surface area contributed by atoms with Crippen LogP contribution >= 0.6 is 7.67 Å². The van der Waals surface area contributed by atoms with Crippen molar-refractivity contribution in [2.24, 2.45) is 0 Å². The number of imidazole rings is 1. The van der Waals surface area contributed by atoms with Crippen LogP contribution in [0.25, 0.3) is 11.2 Å². The smallest absolute Gasteiger partial charge is 0.342 e. The van der Waals surface area contributed by atoms with Gasteiger partial charge in [0, 0.05) is 0 Å². The number of carbonyl (C=O) groups is 4. The molecule has 70 heavy (non-hydrogen) atoms. The zero-order valence-electron chi connectivity index (χ0n) is 38.1. The number of rotatable bonds is 23. The molecule has 22 heteroatoms. The number of aliphatic hydroxyl groups is 2. The molecule has 3 heterocycles. The number of fused-ring (bicyclic) bond motifs is 1. The van der Waals surface area contributed by atoms with Crippen LogP contribution in [0.2, 0.25) is 0 Å². The van der Waals surface area contributed by atoms with Gasteiger partial charge in [0.15, 0.2) is 17.4 Å². The van der Waals surface area contributed by atoms with Crippen molar-refractivity contribution in [1.29, 1.82) is 0 Å².